The lowest BCUT2D eigenvalue weighted by Crippen LogP contribution is -2.25. The van der Waals surface area contributed by atoms with E-state index in [9.17, 15) is 4.79 Å². The maximum absolute atomic E-state index is 11.4. The lowest BCUT2D eigenvalue weighted by atomic mass is 9.88. The average molecular weight is 216 g/mol. The van der Waals surface area contributed by atoms with E-state index in [2.05, 4.69) is 17.8 Å². The van der Waals surface area contributed by atoms with Crippen molar-refractivity contribution in [2.24, 2.45) is 10.8 Å². The number of rotatable bonds is 3. The zero-order chi connectivity index (χ0) is 12.8. The first kappa shape index (κ1) is 14.2. The van der Waals surface area contributed by atoms with Gasteiger partial charge in [-0.15, -0.1) is 19.3 Å². The second-order valence-electron chi connectivity index (χ2n) is 4.47. The van der Waals surface area contributed by atoms with Crippen LogP contribution in [0.15, 0.2) is 0 Å². The van der Waals surface area contributed by atoms with E-state index < -0.39 is 10.8 Å². The summed E-state index contributed by atoms with van der Waals surface area (Å²) < 4.78 is 5.04. The molecular formula is C14H16O2. The van der Waals surface area contributed by atoms with Crippen LogP contribution in [0.2, 0.25) is 0 Å². The molecule has 0 aliphatic heterocycles. The van der Waals surface area contributed by atoms with Crippen LogP contribution in [0, 0.1) is 47.9 Å². The Kier molecular flexibility index (Phi) is 4.68. The van der Waals surface area contributed by atoms with Gasteiger partial charge in [-0.2, -0.15) is 0 Å². The Morgan fingerprint density at radius 2 is 1.56 bits per heavy atom. The van der Waals surface area contributed by atoms with Gasteiger partial charge in [0.1, 0.15) is 0 Å². The molecule has 0 heterocycles. The smallest absolute Gasteiger partial charge is 0.311 e. The van der Waals surface area contributed by atoms with Crippen molar-refractivity contribution in [2.45, 2.75) is 27.2 Å². The van der Waals surface area contributed by atoms with Gasteiger partial charge < -0.3 is 4.74 Å². The van der Waals surface area contributed by atoms with Crippen LogP contribution in [0.3, 0.4) is 0 Å². The van der Waals surface area contributed by atoms with Crippen molar-refractivity contribution in [2.75, 3.05) is 6.61 Å². The molecule has 0 bridgehead atoms. The molecule has 0 radical (unpaired) electrons. The van der Waals surface area contributed by atoms with Crippen molar-refractivity contribution in [3.63, 3.8) is 0 Å². The van der Waals surface area contributed by atoms with Crippen LogP contribution in [0.5, 0.6) is 0 Å². The molecule has 0 aliphatic carbocycles. The van der Waals surface area contributed by atoms with Gasteiger partial charge in [0.05, 0.1) is 12.0 Å². The molecule has 0 aromatic rings. The lowest BCUT2D eigenvalue weighted by molar-refractivity contribution is -0.153. The number of hydrogen-bond donors (Lipinski definition) is 0. The molecular weight excluding hydrogens is 200 g/mol. The van der Waals surface area contributed by atoms with E-state index in [-0.39, 0.29) is 19.0 Å². The summed E-state index contributed by atoms with van der Waals surface area (Å²) in [7, 11) is 0. The highest BCUT2D eigenvalue weighted by molar-refractivity contribution is 5.75. The fourth-order valence-electron chi connectivity index (χ4n) is 0.855. The molecule has 0 rings (SSSR count). The molecule has 0 fully saturated rings. The molecule has 0 amide bonds. The van der Waals surface area contributed by atoms with Crippen molar-refractivity contribution in [3.8, 4) is 37.0 Å². The maximum Gasteiger partial charge on any atom is 0.311 e. The van der Waals surface area contributed by atoms with Crippen LogP contribution in [-0.2, 0) is 9.53 Å². The molecule has 0 spiro atoms. The first-order chi connectivity index (χ1) is 7.31. The minimum absolute atomic E-state index is 0.134. The third-order valence-electron chi connectivity index (χ3n) is 2.06. The SMILES string of the molecule is C#CC(C#C)(C#C)CCOC(=O)C(C)(C)C. The van der Waals surface area contributed by atoms with E-state index >= 15 is 0 Å². The summed E-state index contributed by atoms with van der Waals surface area (Å²) in [5, 5.41) is 0. The van der Waals surface area contributed by atoms with Gasteiger partial charge in [-0.3, -0.25) is 4.79 Å². The normalized spacial score (nSPS) is 10.8. The number of carbonyl (C=O) groups is 1. The van der Waals surface area contributed by atoms with Crippen molar-refractivity contribution in [3.05, 3.63) is 0 Å². The molecule has 0 saturated carbocycles. The maximum atomic E-state index is 11.4. The second kappa shape index (κ2) is 5.29. The lowest BCUT2D eigenvalue weighted by Gasteiger charge is -2.19. The summed E-state index contributed by atoms with van der Waals surface area (Å²) in [5.41, 5.74) is -1.59. The van der Waals surface area contributed by atoms with Crippen LogP contribution in [0.1, 0.15) is 27.2 Å². The van der Waals surface area contributed by atoms with Crippen LogP contribution < -0.4 is 0 Å². The van der Waals surface area contributed by atoms with Gasteiger partial charge in [0.25, 0.3) is 0 Å². The van der Waals surface area contributed by atoms with E-state index in [1.54, 1.807) is 20.8 Å². The molecule has 0 aromatic carbocycles. The Morgan fingerprint density at radius 1 is 1.12 bits per heavy atom. The summed E-state index contributed by atoms with van der Waals surface area (Å²) >= 11 is 0. The second-order valence-corrected chi connectivity index (χ2v) is 4.47. The van der Waals surface area contributed by atoms with E-state index in [0.717, 1.165) is 0 Å². The third kappa shape index (κ3) is 3.72. The van der Waals surface area contributed by atoms with Crippen molar-refractivity contribution in [1.29, 1.82) is 0 Å². The van der Waals surface area contributed by atoms with Crippen LogP contribution in [0.4, 0.5) is 0 Å². The summed E-state index contributed by atoms with van der Waals surface area (Å²) in [6, 6.07) is 0. The van der Waals surface area contributed by atoms with Gasteiger partial charge in [-0.25, -0.2) is 0 Å². The number of carbonyl (C=O) groups excluding carboxylic acids is 1. The van der Waals surface area contributed by atoms with Gasteiger partial charge in [0.15, 0.2) is 5.41 Å². The molecule has 2 heteroatoms. The van der Waals surface area contributed by atoms with E-state index in [1.807, 2.05) is 0 Å². The van der Waals surface area contributed by atoms with Crippen LogP contribution in [0.25, 0.3) is 0 Å². The molecule has 0 aromatic heterocycles. The third-order valence-corrected chi connectivity index (χ3v) is 2.06. The highest BCUT2D eigenvalue weighted by Gasteiger charge is 2.26. The van der Waals surface area contributed by atoms with Gasteiger partial charge >= 0.3 is 5.97 Å². The Morgan fingerprint density at radius 3 is 1.88 bits per heavy atom. The first-order valence-electron chi connectivity index (χ1n) is 4.92. The minimum Gasteiger partial charge on any atom is -0.465 e. The standard InChI is InChI=1S/C14H16O2/c1-7-14(8-2,9-3)10-11-16-12(15)13(4,5)6/h1-3H,10-11H2,4-6H3. The quantitative estimate of drug-likeness (QED) is 0.531. The molecule has 0 aliphatic rings. The monoisotopic (exact) mass is 216 g/mol. The fraction of sp³-hybridized carbons (Fsp3) is 0.500. The molecule has 2 nitrogen and oxygen atoms in total. The summed E-state index contributed by atoms with van der Waals surface area (Å²) in [6.45, 7) is 5.44. The van der Waals surface area contributed by atoms with Gasteiger partial charge in [-0.1, -0.05) is 17.8 Å². The van der Waals surface area contributed by atoms with E-state index in [0.29, 0.717) is 0 Å². The van der Waals surface area contributed by atoms with Gasteiger partial charge in [0.2, 0.25) is 0 Å². The number of ether oxygens (including phenoxy) is 1. The largest absolute Gasteiger partial charge is 0.465 e. The fourth-order valence-corrected chi connectivity index (χ4v) is 0.855. The molecule has 84 valence electrons. The minimum atomic E-state index is -1.06. The Labute approximate surface area is 97.8 Å². The molecule has 0 N–H and O–H groups in total. The highest BCUT2D eigenvalue weighted by Crippen LogP contribution is 2.20. The van der Waals surface area contributed by atoms with E-state index in [1.165, 1.54) is 0 Å². The molecule has 0 unspecified atom stereocenters. The molecule has 0 atom stereocenters. The number of hydrogen-bond acceptors (Lipinski definition) is 2. The van der Waals surface area contributed by atoms with Crippen molar-refractivity contribution >= 4 is 5.97 Å². The predicted octanol–water partition coefficient (Wildman–Crippen LogP) is 1.85. The van der Waals surface area contributed by atoms with Gasteiger partial charge in [-0.05, 0) is 20.8 Å². The van der Waals surface area contributed by atoms with Crippen LogP contribution in [-0.4, -0.2) is 12.6 Å². The van der Waals surface area contributed by atoms with Crippen LogP contribution >= 0.6 is 0 Å². The first-order valence-corrected chi connectivity index (χ1v) is 4.92. The number of terminal acetylenes is 3. The van der Waals surface area contributed by atoms with Crippen molar-refractivity contribution in [1.82, 2.24) is 0 Å². The Bertz CT molecular complexity index is 341. The number of esters is 1. The zero-order valence-corrected chi connectivity index (χ0v) is 9.96. The summed E-state index contributed by atoms with van der Waals surface area (Å²) in [5.74, 6) is 6.79. The highest BCUT2D eigenvalue weighted by atomic mass is 16.5. The summed E-state index contributed by atoms with van der Waals surface area (Å²) in [6.07, 6.45) is 16.0. The summed E-state index contributed by atoms with van der Waals surface area (Å²) in [4.78, 5) is 11.4. The molecule has 16 heavy (non-hydrogen) atoms. The molecule has 0 saturated heterocycles. The van der Waals surface area contributed by atoms with Gasteiger partial charge in [0, 0.05) is 6.42 Å². The Hall–Kier alpha value is -1.85. The predicted molar refractivity (Wildman–Crippen MR) is 64.0 cm³/mol. The average Bonchev–Trinajstić information content (AvgIpc) is 2.23. The van der Waals surface area contributed by atoms with Crippen molar-refractivity contribution < 1.29 is 9.53 Å². The Balaban J connectivity index is 4.32. The zero-order valence-electron chi connectivity index (χ0n) is 9.96. The van der Waals surface area contributed by atoms with E-state index in [4.69, 9.17) is 24.0 Å². The topological polar surface area (TPSA) is 26.3 Å².